The van der Waals surface area contributed by atoms with Crippen molar-refractivity contribution in [1.29, 1.82) is 0 Å². The molecular formula is C20H22O7. The number of rotatable bonds is 4. The van der Waals surface area contributed by atoms with Crippen molar-refractivity contribution in [3.05, 3.63) is 41.0 Å². The van der Waals surface area contributed by atoms with Gasteiger partial charge in [-0.05, 0) is 44.4 Å². The third kappa shape index (κ3) is 3.78. The average molecular weight is 374 g/mol. The van der Waals surface area contributed by atoms with Gasteiger partial charge in [-0.15, -0.1) is 0 Å². The number of fused-ring (bicyclic) bond motifs is 1. The van der Waals surface area contributed by atoms with E-state index in [-0.39, 0.29) is 64.9 Å². The Labute approximate surface area is 156 Å². The maximum Gasteiger partial charge on any atom is 0.174 e. The number of aliphatic hydroxyl groups is 1. The summed E-state index contributed by atoms with van der Waals surface area (Å²) in [7, 11) is 0. The van der Waals surface area contributed by atoms with Crippen LogP contribution < -0.4 is 4.74 Å². The fraction of sp³-hybridized carbons (Fsp3) is 0.350. The molecule has 0 saturated heterocycles. The highest BCUT2D eigenvalue weighted by molar-refractivity contribution is 6.03. The molecule has 0 aromatic heterocycles. The summed E-state index contributed by atoms with van der Waals surface area (Å²) in [6, 6.07) is 5.40. The van der Waals surface area contributed by atoms with Crippen molar-refractivity contribution in [2.24, 2.45) is 0 Å². The van der Waals surface area contributed by atoms with E-state index in [4.69, 9.17) is 4.74 Å². The summed E-state index contributed by atoms with van der Waals surface area (Å²) in [6.45, 7) is 3.23. The first-order chi connectivity index (χ1) is 12.6. The number of phenols is 4. The van der Waals surface area contributed by atoms with Crippen molar-refractivity contribution in [2.75, 3.05) is 0 Å². The highest BCUT2D eigenvalue weighted by atomic mass is 16.5. The van der Waals surface area contributed by atoms with Gasteiger partial charge in [-0.3, -0.25) is 4.79 Å². The summed E-state index contributed by atoms with van der Waals surface area (Å²) in [4.78, 5) is 12.6. The molecule has 1 aliphatic heterocycles. The van der Waals surface area contributed by atoms with Crippen LogP contribution in [0.1, 0.15) is 54.3 Å². The SMILES string of the molecule is CC(C)(O)CCc1c(O)cc2c(c1O)C(=O)CC(c1ccc(O)c(O)c1)O2. The van der Waals surface area contributed by atoms with Crippen molar-refractivity contribution in [3.63, 3.8) is 0 Å². The summed E-state index contributed by atoms with van der Waals surface area (Å²) in [5, 5.41) is 49.7. The van der Waals surface area contributed by atoms with Crippen LogP contribution in [0.5, 0.6) is 28.7 Å². The van der Waals surface area contributed by atoms with E-state index in [0.29, 0.717) is 5.56 Å². The summed E-state index contributed by atoms with van der Waals surface area (Å²) in [5.74, 6) is -1.50. The van der Waals surface area contributed by atoms with E-state index in [9.17, 15) is 30.3 Å². The van der Waals surface area contributed by atoms with Crippen LogP contribution in [0.25, 0.3) is 0 Å². The number of ketones is 1. The van der Waals surface area contributed by atoms with Crippen LogP contribution in [0, 0.1) is 0 Å². The van der Waals surface area contributed by atoms with Gasteiger partial charge >= 0.3 is 0 Å². The number of carbonyl (C=O) groups is 1. The summed E-state index contributed by atoms with van der Waals surface area (Å²) >= 11 is 0. The van der Waals surface area contributed by atoms with Gasteiger partial charge in [0.1, 0.15) is 28.9 Å². The molecule has 0 saturated carbocycles. The van der Waals surface area contributed by atoms with Crippen LogP contribution in [-0.2, 0) is 6.42 Å². The lowest BCUT2D eigenvalue weighted by Gasteiger charge is -2.27. The molecule has 1 heterocycles. The second-order valence-corrected chi connectivity index (χ2v) is 7.39. The largest absolute Gasteiger partial charge is 0.507 e. The molecule has 0 fully saturated rings. The van der Waals surface area contributed by atoms with Gasteiger partial charge in [-0.25, -0.2) is 0 Å². The zero-order valence-corrected chi connectivity index (χ0v) is 15.1. The normalized spacial score (nSPS) is 16.7. The maximum absolute atomic E-state index is 12.6. The molecule has 2 aromatic rings. The molecule has 5 N–H and O–H groups in total. The Morgan fingerprint density at radius 2 is 1.78 bits per heavy atom. The molecule has 7 nitrogen and oxygen atoms in total. The molecule has 1 atom stereocenters. The van der Waals surface area contributed by atoms with E-state index < -0.39 is 11.7 Å². The van der Waals surface area contributed by atoms with Crippen molar-refractivity contribution < 1.29 is 35.1 Å². The van der Waals surface area contributed by atoms with Gasteiger partial charge < -0.3 is 30.3 Å². The van der Waals surface area contributed by atoms with Crippen molar-refractivity contribution in [2.45, 2.75) is 44.8 Å². The van der Waals surface area contributed by atoms with Gasteiger partial charge in [0, 0.05) is 11.6 Å². The average Bonchev–Trinajstić information content (AvgIpc) is 2.55. The number of Topliss-reactive ketones (excluding diaryl/α,β-unsaturated/α-hetero) is 1. The molecule has 0 aliphatic carbocycles. The lowest BCUT2D eigenvalue weighted by Crippen LogP contribution is -2.22. The van der Waals surface area contributed by atoms with Crippen LogP contribution in [0.15, 0.2) is 24.3 Å². The third-order valence-electron chi connectivity index (χ3n) is 4.62. The number of phenolic OH excluding ortho intramolecular Hbond substituents is 4. The molecule has 2 aromatic carbocycles. The van der Waals surface area contributed by atoms with Crippen LogP contribution in [-0.4, -0.2) is 36.9 Å². The second-order valence-electron chi connectivity index (χ2n) is 7.39. The molecule has 144 valence electrons. The minimum Gasteiger partial charge on any atom is -0.507 e. The number of aromatic hydroxyl groups is 4. The van der Waals surface area contributed by atoms with E-state index >= 15 is 0 Å². The Morgan fingerprint density at radius 1 is 1.07 bits per heavy atom. The Balaban J connectivity index is 1.95. The van der Waals surface area contributed by atoms with Gasteiger partial charge in [0.05, 0.1) is 12.0 Å². The number of ether oxygens (including phenoxy) is 1. The Morgan fingerprint density at radius 3 is 2.41 bits per heavy atom. The highest BCUT2D eigenvalue weighted by Gasteiger charge is 2.33. The Kier molecular flexibility index (Phi) is 4.65. The number of benzene rings is 2. The van der Waals surface area contributed by atoms with Gasteiger partial charge in [0.25, 0.3) is 0 Å². The zero-order valence-electron chi connectivity index (χ0n) is 15.1. The molecule has 0 radical (unpaired) electrons. The lowest BCUT2D eigenvalue weighted by atomic mass is 9.91. The van der Waals surface area contributed by atoms with Gasteiger partial charge in [0.2, 0.25) is 0 Å². The monoisotopic (exact) mass is 374 g/mol. The lowest BCUT2D eigenvalue weighted by molar-refractivity contribution is 0.0711. The van der Waals surface area contributed by atoms with E-state index in [1.807, 2.05) is 0 Å². The molecule has 0 spiro atoms. The highest BCUT2D eigenvalue weighted by Crippen LogP contribution is 2.45. The molecule has 1 aliphatic rings. The minimum atomic E-state index is -0.985. The molecule has 1 unspecified atom stereocenters. The first-order valence-electron chi connectivity index (χ1n) is 8.58. The quantitative estimate of drug-likeness (QED) is 0.521. The van der Waals surface area contributed by atoms with Gasteiger partial charge in [0.15, 0.2) is 17.3 Å². The predicted molar refractivity (Wildman–Crippen MR) is 96.5 cm³/mol. The summed E-state index contributed by atoms with van der Waals surface area (Å²) in [6.07, 6.45) is -0.313. The van der Waals surface area contributed by atoms with E-state index in [1.165, 1.54) is 24.3 Å². The van der Waals surface area contributed by atoms with E-state index in [1.54, 1.807) is 13.8 Å². The molecule has 0 amide bonds. The Bertz CT molecular complexity index is 896. The van der Waals surface area contributed by atoms with E-state index in [0.717, 1.165) is 0 Å². The Hall–Kier alpha value is -2.93. The van der Waals surface area contributed by atoms with Gasteiger partial charge in [-0.1, -0.05) is 6.07 Å². The molecule has 7 heteroatoms. The van der Waals surface area contributed by atoms with Crippen molar-refractivity contribution >= 4 is 5.78 Å². The molecule has 0 bridgehead atoms. The van der Waals surface area contributed by atoms with Crippen molar-refractivity contribution in [3.8, 4) is 28.7 Å². The number of hydrogen-bond donors (Lipinski definition) is 5. The third-order valence-corrected chi connectivity index (χ3v) is 4.62. The van der Waals surface area contributed by atoms with Crippen LogP contribution in [0.2, 0.25) is 0 Å². The standard InChI is InChI=1S/C20H22O7/c1-20(2,26)6-5-11-13(22)8-17-18(19(11)25)15(24)9-16(27-17)10-3-4-12(21)14(23)7-10/h3-4,7-8,16,21-23,25-26H,5-6,9H2,1-2H3. The fourth-order valence-corrected chi connectivity index (χ4v) is 3.10. The fourth-order valence-electron chi connectivity index (χ4n) is 3.10. The molecule has 3 rings (SSSR count). The summed E-state index contributed by atoms with van der Waals surface area (Å²) in [5.41, 5.74) is -0.318. The first kappa shape index (κ1) is 18.8. The summed E-state index contributed by atoms with van der Waals surface area (Å²) < 4.78 is 5.76. The zero-order chi connectivity index (χ0) is 19.9. The maximum atomic E-state index is 12.6. The van der Waals surface area contributed by atoms with Crippen LogP contribution in [0.3, 0.4) is 0 Å². The number of hydrogen-bond acceptors (Lipinski definition) is 7. The van der Waals surface area contributed by atoms with Crippen molar-refractivity contribution in [1.82, 2.24) is 0 Å². The topological polar surface area (TPSA) is 127 Å². The smallest absolute Gasteiger partial charge is 0.174 e. The van der Waals surface area contributed by atoms with Crippen LogP contribution in [0.4, 0.5) is 0 Å². The van der Waals surface area contributed by atoms with E-state index in [2.05, 4.69) is 0 Å². The first-order valence-corrected chi connectivity index (χ1v) is 8.58. The van der Waals surface area contributed by atoms with Gasteiger partial charge in [-0.2, -0.15) is 0 Å². The molecule has 27 heavy (non-hydrogen) atoms. The van der Waals surface area contributed by atoms with Crippen LogP contribution >= 0.6 is 0 Å². The molecular weight excluding hydrogens is 352 g/mol. The second kappa shape index (κ2) is 6.66. The predicted octanol–water partition coefficient (Wildman–Crippen LogP) is 2.92. The number of carbonyl (C=O) groups excluding carboxylic acids is 1. The minimum absolute atomic E-state index is 0.00204.